The third-order valence-electron chi connectivity index (χ3n) is 12.3. The summed E-state index contributed by atoms with van der Waals surface area (Å²) >= 11 is 0. The lowest BCUT2D eigenvalue weighted by atomic mass is 9.78. The minimum Gasteiger partial charge on any atom is -0.398 e. The Hall–Kier alpha value is -8.42. The van der Waals surface area contributed by atoms with Crippen molar-refractivity contribution in [3.05, 3.63) is 242 Å². The van der Waals surface area contributed by atoms with Gasteiger partial charge in [-0.05, 0) is 121 Å². The van der Waals surface area contributed by atoms with Gasteiger partial charge in [0, 0.05) is 83.1 Å². The standard InChI is InChI=1S/C56H41N7/c1-2-36(37-19-25-58-26-20-37)31-47(40-23-29-60-34-48(40)41-11-7-9-17-50(41)57)55-43-13-3-5-15-45(43)56(46-16-6-4-14-44(46)55)51-32-39(38-21-27-59-28-22-38)33-54(62-51)63-52-18-10-8-12-42(52)49-35-61-30-24-53(49)63/h2-35,47,51,62H,1,57H2/b36-31+. The third-order valence-corrected chi connectivity index (χ3v) is 12.3. The molecule has 0 amide bonds. The number of pyridine rings is 4. The first kappa shape index (κ1) is 37.6. The van der Waals surface area contributed by atoms with E-state index in [1.807, 2.05) is 86.0 Å². The summed E-state index contributed by atoms with van der Waals surface area (Å²) in [5.41, 5.74) is 19.2. The van der Waals surface area contributed by atoms with Gasteiger partial charge in [-0.1, -0.05) is 104 Å². The van der Waals surface area contributed by atoms with Crippen LogP contribution in [-0.4, -0.2) is 24.5 Å². The molecule has 10 aromatic rings. The van der Waals surface area contributed by atoms with Gasteiger partial charge in [0.1, 0.15) is 5.82 Å². The molecule has 0 fully saturated rings. The molecule has 0 spiro atoms. The fourth-order valence-corrected chi connectivity index (χ4v) is 9.55. The van der Waals surface area contributed by atoms with Gasteiger partial charge in [0.2, 0.25) is 0 Å². The second kappa shape index (κ2) is 15.9. The van der Waals surface area contributed by atoms with Gasteiger partial charge in [-0.2, -0.15) is 0 Å². The molecule has 0 saturated heterocycles. The maximum atomic E-state index is 6.73. The molecule has 0 radical (unpaired) electrons. The normalized spacial score (nSPS) is 14.7. The van der Waals surface area contributed by atoms with Crippen molar-refractivity contribution in [1.29, 1.82) is 0 Å². The monoisotopic (exact) mass is 811 g/mol. The summed E-state index contributed by atoms with van der Waals surface area (Å²) in [7, 11) is 0. The molecule has 7 nitrogen and oxygen atoms in total. The molecule has 0 saturated carbocycles. The molecular formula is C56H41N7. The van der Waals surface area contributed by atoms with E-state index in [1.165, 1.54) is 11.1 Å². The van der Waals surface area contributed by atoms with E-state index in [0.717, 1.165) is 88.1 Å². The zero-order valence-electron chi connectivity index (χ0n) is 34.3. The van der Waals surface area contributed by atoms with Gasteiger partial charge in [-0.15, -0.1) is 0 Å². The zero-order chi connectivity index (χ0) is 42.3. The van der Waals surface area contributed by atoms with Crippen LogP contribution in [0.15, 0.2) is 214 Å². The summed E-state index contributed by atoms with van der Waals surface area (Å²) in [6.45, 7) is 4.32. The zero-order valence-corrected chi connectivity index (χ0v) is 34.3. The molecule has 0 aliphatic carbocycles. The predicted octanol–water partition coefficient (Wildman–Crippen LogP) is 12.6. The molecule has 1 aliphatic rings. The fraction of sp³-hybridized carbons (Fsp3) is 0.0357. The van der Waals surface area contributed by atoms with Crippen LogP contribution in [0.5, 0.6) is 0 Å². The van der Waals surface area contributed by atoms with Crippen molar-refractivity contribution in [2.75, 3.05) is 5.73 Å². The van der Waals surface area contributed by atoms with Crippen LogP contribution in [0.25, 0.3) is 71.4 Å². The summed E-state index contributed by atoms with van der Waals surface area (Å²) in [5, 5.41) is 10.9. The SMILES string of the molecule is C=C/C(=C\C(c1ccncc1-c1ccccc1N)c1c2ccccc2c(C2C=C(c3ccncc3)C=C(n3c4ccccc4c4cnccc43)N2)c2ccccc12)c1ccncc1. The predicted molar refractivity (Wildman–Crippen MR) is 259 cm³/mol. The molecule has 5 aromatic carbocycles. The highest BCUT2D eigenvalue weighted by Gasteiger charge is 2.29. The first-order chi connectivity index (χ1) is 31.2. The van der Waals surface area contributed by atoms with Crippen LogP contribution in [0.3, 0.4) is 0 Å². The molecule has 1 aliphatic heterocycles. The van der Waals surface area contributed by atoms with Gasteiger partial charge in [-0.3, -0.25) is 24.5 Å². The van der Waals surface area contributed by atoms with Gasteiger partial charge in [0.25, 0.3) is 0 Å². The highest BCUT2D eigenvalue weighted by molar-refractivity contribution is 6.11. The molecule has 2 atom stereocenters. The Balaban J connectivity index is 1.19. The Kier molecular flexibility index (Phi) is 9.47. The van der Waals surface area contributed by atoms with Crippen LogP contribution in [0.4, 0.5) is 5.69 Å². The van der Waals surface area contributed by atoms with E-state index in [-0.39, 0.29) is 12.0 Å². The quantitative estimate of drug-likeness (QED) is 0.0856. The van der Waals surface area contributed by atoms with Gasteiger partial charge < -0.3 is 11.1 Å². The van der Waals surface area contributed by atoms with E-state index in [1.54, 1.807) is 0 Å². The molecule has 3 N–H and O–H groups in total. The summed E-state index contributed by atoms with van der Waals surface area (Å²) < 4.78 is 2.34. The molecule has 300 valence electrons. The molecule has 0 bridgehead atoms. The molecule has 63 heavy (non-hydrogen) atoms. The first-order valence-corrected chi connectivity index (χ1v) is 21.1. The van der Waals surface area contributed by atoms with E-state index < -0.39 is 0 Å². The molecule has 6 heterocycles. The minimum atomic E-state index is -0.253. The number of nitrogens with one attached hydrogen (secondary N) is 1. The number of nitrogens with two attached hydrogens (primary N) is 1. The number of para-hydroxylation sites is 2. The number of aromatic nitrogens is 5. The highest BCUT2D eigenvalue weighted by atomic mass is 15.2. The van der Waals surface area contributed by atoms with Gasteiger partial charge in [0.05, 0.1) is 17.1 Å². The molecular weight excluding hydrogens is 771 g/mol. The maximum Gasteiger partial charge on any atom is 0.112 e. The Morgan fingerprint density at radius 2 is 1.21 bits per heavy atom. The summed E-state index contributed by atoms with van der Waals surface area (Å²) in [6, 6.07) is 46.5. The van der Waals surface area contributed by atoms with Crippen molar-refractivity contribution < 1.29 is 0 Å². The van der Waals surface area contributed by atoms with Crippen LogP contribution >= 0.6 is 0 Å². The number of nitrogens with zero attached hydrogens (tertiary/aromatic N) is 5. The van der Waals surface area contributed by atoms with Crippen LogP contribution in [0, 0.1) is 0 Å². The van der Waals surface area contributed by atoms with E-state index in [4.69, 9.17) is 5.73 Å². The molecule has 5 aromatic heterocycles. The van der Waals surface area contributed by atoms with E-state index in [9.17, 15) is 0 Å². The van der Waals surface area contributed by atoms with E-state index in [0.29, 0.717) is 5.69 Å². The number of fused-ring (bicyclic) bond motifs is 5. The van der Waals surface area contributed by atoms with Gasteiger partial charge in [-0.25, -0.2) is 0 Å². The lowest BCUT2D eigenvalue weighted by Crippen LogP contribution is -2.25. The second-order valence-corrected chi connectivity index (χ2v) is 15.8. The summed E-state index contributed by atoms with van der Waals surface area (Å²) in [5.74, 6) is 0.719. The van der Waals surface area contributed by atoms with Crippen molar-refractivity contribution in [3.63, 3.8) is 0 Å². The summed E-state index contributed by atoms with van der Waals surface area (Å²) in [6.07, 6.45) is 23.9. The number of rotatable bonds is 9. The number of allylic oxidation sites excluding steroid dienone is 5. The molecule has 2 unspecified atom stereocenters. The Morgan fingerprint density at radius 1 is 0.603 bits per heavy atom. The Labute approximate surface area is 365 Å². The summed E-state index contributed by atoms with van der Waals surface area (Å²) in [4.78, 5) is 17.9. The molecule has 7 heteroatoms. The Morgan fingerprint density at radius 3 is 1.94 bits per heavy atom. The van der Waals surface area contributed by atoms with Crippen molar-refractivity contribution in [3.8, 4) is 11.1 Å². The Bertz CT molecular complexity index is 3360. The first-order valence-electron chi connectivity index (χ1n) is 21.1. The average Bonchev–Trinajstić information content (AvgIpc) is 3.69. The van der Waals surface area contributed by atoms with Crippen molar-refractivity contribution >= 4 is 66.0 Å². The number of benzene rings is 5. The maximum absolute atomic E-state index is 6.73. The number of hydrogen-bond acceptors (Lipinski definition) is 6. The number of anilines is 1. The van der Waals surface area contributed by atoms with E-state index >= 15 is 0 Å². The average molecular weight is 812 g/mol. The minimum absolute atomic E-state index is 0.231. The smallest absolute Gasteiger partial charge is 0.112 e. The van der Waals surface area contributed by atoms with Crippen LogP contribution < -0.4 is 11.1 Å². The second-order valence-electron chi connectivity index (χ2n) is 15.8. The molecule has 11 rings (SSSR count). The van der Waals surface area contributed by atoms with Crippen molar-refractivity contribution in [2.45, 2.75) is 12.0 Å². The van der Waals surface area contributed by atoms with E-state index in [2.05, 4.69) is 158 Å². The number of nitrogen functional groups attached to an aromatic ring is 1. The lowest BCUT2D eigenvalue weighted by Gasteiger charge is -2.30. The largest absolute Gasteiger partial charge is 0.398 e. The topological polar surface area (TPSA) is 94.5 Å². The van der Waals surface area contributed by atoms with Crippen LogP contribution in [0.2, 0.25) is 0 Å². The fourth-order valence-electron chi connectivity index (χ4n) is 9.55. The van der Waals surface area contributed by atoms with Gasteiger partial charge >= 0.3 is 0 Å². The number of hydrogen-bond donors (Lipinski definition) is 2. The third kappa shape index (κ3) is 6.55. The van der Waals surface area contributed by atoms with Crippen LogP contribution in [-0.2, 0) is 0 Å². The van der Waals surface area contributed by atoms with Crippen molar-refractivity contribution in [2.24, 2.45) is 0 Å². The van der Waals surface area contributed by atoms with Crippen LogP contribution in [0.1, 0.15) is 39.8 Å². The number of dihydropyridines is 1. The highest BCUT2D eigenvalue weighted by Crippen LogP contribution is 2.47. The lowest BCUT2D eigenvalue weighted by molar-refractivity contribution is 0.749. The van der Waals surface area contributed by atoms with Crippen molar-refractivity contribution in [1.82, 2.24) is 29.8 Å². The van der Waals surface area contributed by atoms with Gasteiger partial charge in [0.15, 0.2) is 0 Å².